The van der Waals surface area contributed by atoms with E-state index >= 15 is 0 Å². The third-order valence-corrected chi connectivity index (χ3v) is 11.7. The second-order valence-corrected chi connectivity index (χ2v) is 13.2. The normalized spacial score (nSPS) is 28.4. The Balaban J connectivity index is 1.98. The summed E-state index contributed by atoms with van der Waals surface area (Å²) in [4.78, 5) is 12.2. The van der Waals surface area contributed by atoms with E-state index in [4.69, 9.17) is 9.16 Å². The van der Waals surface area contributed by atoms with Crippen LogP contribution in [0.5, 0.6) is 0 Å². The van der Waals surface area contributed by atoms with Gasteiger partial charge in [0.05, 0.1) is 12.2 Å². The lowest BCUT2D eigenvalue weighted by molar-refractivity contribution is -0.137. The second-order valence-electron chi connectivity index (χ2n) is 7.76. The Kier molecular flexibility index (Phi) is 5.67. The van der Waals surface area contributed by atoms with E-state index in [1.165, 1.54) is 0 Å². The lowest BCUT2D eigenvalue weighted by Gasteiger charge is -2.42. The second kappa shape index (κ2) is 6.98. The SMILES string of the molecule is CC(C)[Si](OCCC1C(=O)C[C@H]2C=C[C@@H]1O2)(C(C)C)C(C)C. The summed E-state index contributed by atoms with van der Waals surface area (Å²) in [5.41, 5.74) is 1.75. The zero-order chi connectivity index (χ0) is 16.5. The van der Waals surface area contributed by atoms with Gasteiger partial charge in [0.25, 0.3) is 0 Å². The molecule has 2 bridgehead atoms. The minimum atomic E-state index is -1.83. The molecule has 2 rings (SSSR count). The maximum absolute atomic E-state index is 12.2. The Morgan fingerprint density at radius 2 is 1.73 bits per heavy atom. The molecule has 2 aliphatic rings. The standard InChI is InChI=1S/C18H32O3Si/c1-12(2)22(13(3)4,14(5)6)20-10-9-16-17(19)11-15-7-8-18(16)21-15/h7-8,12-16,18H,9-11H2,1-6H3/t15-,16?,18+/m1/s1. The molecule has 2 aliphatic heterocycles. The zero-order valence-corrected chi connectivity index (χ0v) is 16.0. The molecule has 0 aliphatic carbocycles. The van der Waals surface area contributed by atoms with Crippen LogP contribution in [0.4, 0.5) is 0 Å². The first-order chi connectivity index (χ1) is 10.3. The van der Waals surface area contributed by atoms with Gasteiger partial charge in [-0.2, -0.15) is 0 Å². The number of carbonyl (C=O) groups excluding carboxylic acids is 1. The molecule has 1 saturated heterocycles. The fraction of sp³-hybridized carbons (Fsp3) is 0.833. The van der Waals surface area contributed by atoms with Crippen molar-refractivity contribution in [3.63, 3.8) is 0 Å². The van der Waals surface area contributed by atoms with E-state index in [9.17, 15) is 4.79 Å². The minimum Gasteiger partial charge on any atom is -0.416 e. The van der Waals surface area contributed by atoms with Crippen LogP contribution in [0.3, 0.4) is 0 Å². The summed E-state index contributed by atoms with van der Waals surface area (Å²) in [5, 5.41) is 0. The van der Waals surface area contributed by atoms with Gasteiger partial charge in [-0.05, 0) is 23.0 Å². The number of rotatable bonds is 7. The fourth-order valence-electron chi connectivity index (χ4n) is 4.59. The summed E-state index contributed by atoms with van der Waals surface area (Å²) in [6, 6.07) is 0. The van der Waals surface area contributed by atoms with E-state index in [0.717, 1.165) is 6.42 Å². The quantitative estimate of drug-likeness (QED) is 0.511. The van der Waals surface area contributed by atoms with Gasteiger partial charge in [-0.3, -0.25) is 4.79 Å². The maximum Gasteiger partial charge on any atom is 0.200 e. The summed E-state index contributed by atoms with van der Waals surface area (Å²) in [6.45, 7) is 14.5. The molecule has 1 unspecified atom stereocenters. The maximum atomic E-state index is 12.2. The highest BCUT2D eigenvalue weighted by molar-refractivity contribution is 6.77. The average molecular weight is 325 g/mol. The summed E-state index contributed by atoms with van der Waals surface area (Å²) in [5.74, 6) is 0.342. The van der Waals surface area contributed by atoms with Crippen LogP contribution in [0.1, 0.15) is 54.4 Å². The van der Waals surface area contributed by atoms with E-state index in [1.807, 2.05) is 6.08 Å². The molecular weight excluding hydrogens is 292 g/mol. The van der Waals surface area contributed by atoms with Gasteiger partial charge in [0.15, 0.2) is 8.32 Å². The van der Waals surface area contributed by atoms with Crippen molar-refractivity contribution >= 4 is 14.1 Å². The first-order valence-corrected chi connectivity index (χ1v) is 10.9. The Morgan fingerprint density at radius 1 is 1.14 bits per heavy atom. The molecular formula is C18H32O3Si. The van der Waals surface area contributed by atoms with E-state index in [1.54, 1.807) is 0 Å². The molecule has 2 heterocycles. The highest BCUT2D eigenvalue weighted by Gasteiger charge is 2.45. The van der Waals surface area contributed by atoms with Gasteiger partial charge in [0.1, 0.15) is 5.78 Å². The van der Waals surface area contributed by atoms with Crippen molar-refractivity contribution in [3.05, 3.63) is 12.2 Å². The van der Waals surface area contributed by atoms with Gasteiger partial charge < -0.3 is 9.16 Å². The molecule has 126 valence electrons. The fourth-order valence-corrected chi connectivity index (χ4v) is 10.1. The zero-order valence-electron chi connectivity index (χ0n) is 15.0. The van der Waals surface area contributed by atoms with Crippen molar-refractivity contribution in [2.45, 2.75) is 83.2 Å². The van der Waals surface area contributed by atoms with E-state index in [0.29, 0.717) is 35.4 Å². The van der Waals surface area contributed by atoms with Crippen molar-refractivity contribution < 1.29 is 14.0 Å². The number of carbonyl (C=O) groups is 1. The number of hydrogen-bond acceptors (Lipinski definition) is 3. The van der Waals surface area contributed by atoms with Gasteiger partial charge in [-0.25, -0.2) is 0 Å². The van der Waals surface area contributed by atoms with Crippen LogP contribution in [-0.4, -0.2) is 32.9 Å². The Hall–Kier alpha value is -0.453. The molecule has 1 fully saturated rings. The van der Waals surface area contributed by atoms with Crippen LogP contribution < -0.4 is 0 Å². The van der Waals surface area contributed by atoms with Crippen LogP contribution >= 0.6 is 0 Å². The summed E-state index contributed by atoms with van der Waals surface area (Å²) in [7, 11) is -1.83. The van der Waals surface area contributed by atoms with Crippen LogP contribution in [-0.2, 0) is 14.0 Å². The van der Waals surface area contributed by atoms with E-state index < -0.39 is 8.32 Å². The monoisotopic (exact) mass is 324 g/mol. The van der Waals surface area contributed by atoms with Gasteiger partial charge in [-0.15, -0.1) is 0 Å². The summed E-state index contributed by atoms with van der Waals surface area (Å²) < 4.78 is 12.4. The lowest BCUT2D eigenvalue weighted by atomic mass is 9.91. The molecule has 0 spiro atoms. The Labute approximate surface area is 136 Å². The minimum absolute atomic E-state index is 0.00631. The number of Topliss-reactive ketones (excluding diaryl/α,β-unsaturated/α-hetero) is 1. The first-order valence-electron chi connectivity index (χ1n) is 8.79. The van der Waals surface area contributed by atoms with E-state index in [-0.39, 0.29) is 18.1 Å². The third-order valence-electron chi connectivity index (χ3n) is 5.55. The van der Waals surface area contributed by atoms with Crippen LogP contribution in [0.15, 0.2) is 12.2 Å². The van der Waals surface area contributed by atoms with Crippen LogP contribution in [0.25, 0.3) is 0 Å². The molecule has 0 amide bonds. The van der Waals surface area contributed by atoms with Crippen molar-refractivity contribution in [1.29, 1.82) is 0 Å². The van der Waals surface area contributed by atoms with Gasteiger partial charge in [-0.1, -0.05) is 53.7 Å². The lowest BCUT2D eigenvalue weighted by Crippen LogP contribution is -2.48. The third kappa shape index (κ3) is 3.24. The first kappa shape index (κ1) is 17.9. The number of hydrogen-bond donors (Lipinski definition) is 0. The molecule has 0 saturated carbocycles. The topological polar surface area (TPSA) is 35.5 Å². The Morgan fingerprint density at radius 3 is 2.27 bits per heavy atom. The van der Waals surface area contributed by atoms with Crippen molar-refractivity contribution in [3.8, 4) is 0 Å². The molecule has 0 aromatic heterocycles. The molecule has 0 aromatic rings. The van der Waals surface area contributed by atoms with E-state index in [2.05, 4.69) is 47.6 Å². The smallest absolute Gasteiger partial charge is 0.200 e. The molecule has 3 atom stereocenters. The van der Waals surface area contributed by atoms with Crippen molar-refractivity contribution in [2.24, 2.45) is 5.92 Å². The van der Waals surface area contributed by atoms with Gasteiger partial charge >= 0.3 is 0 Å². The molecule has 22 heavy (non-hydrogen) atoms. The molecule has 0 radical (unpaired) electrons. The summed E-state index contributed by atoms with van der Waals surface area (Å²) >= 11 is 0. The molecule has 0 aromatic carbocycles. The highest BCUT2D eigenvalue weighted by Crippen LogP contribution is 2.42. The summed E-state index contributed by atoms with van der Waals surface area (Å²) in [6.07, 6.45) is 5.46. The molecule has 3 nitrogen and oxygen atoms in total. The molecule has 4 heteroatoms. The van der Waals surface area contributed by atoms with Crippen LogP contribution in [0.2, 0.25) is 16.6 Å². The van der Waals surface area contributed by atoms with Gasteiger partial charge in [0.2, 0.25) is 0 Å². The van der Waals surface area contributed by atoms with Crippen molar-refractivity contribution in [2.75, 3.05) is 6.61 Å². The molecule has 0 N–H and O–H groups in total. The Bertz CT molecular complexity index is 406. The number of fused-ring (bicyclic) bond motifs is 2. The highest BCUT2D eigenvalue weighted by atomic mass is 28.4. The predicted octanol–water partition coefficient (Wildman–Crippen LogP) is 4.48. The van der Waals surface area contributed by atoms with Crippen LogP contribution in [0, 0.1) is 5.92 Å². The average Bonchev–Trinajstić information content (AvgIpc) is 2.79. The van der Waals surface area contributed by atoms with Gasteiger partial charge in [0, 0.05) is 18.9 Å². The van der Waals surface area contributed by atoms with Crippen molar-refractivity contribution in [1.82, 2.24) is 0 Å². The largest absolute Gasteiger partial charge is 0.416 e. The number of ketones is 1. The number of ether oxygens (including phenoxy) is 1. The predicted molar refractivity (Wildman–Crippen MR) is 92.5 cm³/mol.